The van der Waals surface area contributed by atoms with Crippen LogP contribution < -0.4 is 0 Å². The Bertz CT molecular complexity index is 900. The maximum atomic E-state index is 12.8. The van der Waals surface area contributed by atoms with Crippen LogP contribution in [0.4, 0.5) is 0 Å². The van der Waals surface area contributed by atoms with Gasteiger partial charge in [-0.2, -0.15) is 5.10 Å². The van der Waals surface area contributed by atoms with Crippen molar-refractivity contribution in [2.75, 3.05) is 0 Å². The third-order valence-electron chi connectivity index (χ3n) is 4.24. The number of hydrogen-bond acceptors (Lipinski definition) is 4. The minimum atomic E-state index is -0.283. The Labute approximate surface area is 144 Å². The van der Waals surface area contributed by atoms with Gasteiger partial charge in [0.05, 0.1) is 18.0 Å². The average molecular weight is 332 g/mol. The molecule has 124 valence electrons. The highest BCUT2D eigenvalue weighted by Crippen LogP contribution is 2.34. The molecule has 1 aromatic heterocycles. The van der Waals surface area contributed by atoms with E-state index >= 15 is 0 Å². The van der Waals surface area contributed by atoms with E-state index in [9.17, 15) is 9.90 Å². The molecule has 1 aliphatic heterocycles. The van der Waals surface area contributed by atoms with Gasteiger partial charge in [0.25, 0.3) is 0 Å². The zero-order valence-electron chi connectivity index (χ0n) is 13.4. The summed E-state index contributed by atoms with van der Waals surface area (Å²) in [6, 6.07) is 19.7. The quantitative estimate of drug-likeness (QED) is 0.789. The molecule has 2 heterocycles. The maximum Gasteiger partial charge on any atom is 0.310 e. The van der Waals surface area contributed by atoms with Crippen LogP contribution in [-0.4, -0.2) is 21.7 Å². The van der Waals surface area contributed by atoms with Crippen LogP contribution in [0.15, 0.2) is 82.5 Å². The molecule has 2 aromatic carbocycles. The highest BCUT2D eigenvalue weighted by Gasteiger charge is 2.34. The van der Waals surface area contributed by atoms with Crippen LogP contribution in [0.1, 0.15) is 34.1 Å². The van der Waals surface area contributed by atoms with Gasteiger partial charge in [-0.1, -0.05) is 42.5 Å². The summed E-state index contributed by atoms with van der Waals surface area (Å²) in [5.74, 6) is 0.158. The van der Waals surface area contributed by atoms with Gasteiger partial charge in [-0.15, -0.1) is 0 Å². The van der Waals surface area contributed by atoms with E-state index in [2.05, 4.69) is 5.10 Å². The molecular weight excluding hydrogens is 316 g/mol. The molecule has 1 N–H and O–H groups in total. The van der Waals surface area contributed by atoms with E-state index in [-0.39, 0.29) is 23.5 Å². The summed E-state index contributed by atoms with van der Waals surface area (Å²) in [7, 11) is 0. The lowest BCUT2D eigenvalue weighted by atomic mass is 9.98. The smallest absolute Gasteiger partial charge is 0.310 e. The summed E-state index contributed by atoms with van der Waals surface area (Å²) in [5, 5.41) is 15.6. The first-order chi connectivity index (χ1) is 12.2. The van der Waals surface area contributed by atoms with Crippen molar-refractivity contribution >= 4 is 11.6 Å². The summed E-state index contributed by atoms with van der Waals surface area (Å²) in [6.45, 7) is 0. The van der Waals surface area contributed by atoms with Crippen LogP contribution in [0.2, 0.25) is 0 Å². The first kappa shape index (κ1) is 15.2. The highest BCUT2D eigenvalue weighted by atomic mass is 16.3. The Hall–Kier alpha value is -3.34. The number of amides is 1. The van der Waals surface area contributed by atoms with E-state index in [1.165, 1.54) is 11.3 Å². The molecule has 25 heavy (non-hydrogen) atoms. The Kier molecular flexibility index (Phi) is 3.82. The van der Waals surface area contributed by atoms with E-state index < -0.39 is 0 Å². The van der Waals surface area contributed by atoms with Crippen LogP contribution in [0.5, 0.6) is 5.75 Å². The number of rotatable bonds is 3. The first-order valence-electron chi connectivity index (χ1n) is 8.01. The second-order valence-corrected chi connectivity index (χ2v) is 5.85. The molecule has 3 aromatic rings. The normalized spacial score (nSPS) is 16.7. The molecular formula is C20H16N2O3. The van der Waals surface area contributed by atoms with Crippen molar-refractivity contribution in [3.8, 4) is 5.75 Å². The Morgan fingerprint density at radius 3 is 2.48 bits per heavy atom. The van der Waals surface area contributed by atoms with Crippen molar-refractivity contribution in [1.82, 2.24) is 5.01 Å². The first-order valence-corrected chi connectivity index (χ1v) is 8.01. The number of carbonyl (C=O) groups is 1. The van der Waals surface area contributed by atoms with Gasteiger partial charge < -0.3 is 9.52 Å². The van der Waals surface area contributed by atoms with Crippen molar-refractivity contribution < 1.29 is 14.3 Å². The number of phenols is 1. The molecule has 0 saturated heterocycles. The lowest BCUT2D eigenvalue weighted by Crippen LogP contribution is -2.26. The van der Waals surface area contributed by atoms with Crippen molar-refractivity contribution in [3.63, 3.8) is 0 Å². The monoisotopic (exact) mass is 332 g/mol. The zero-order chi connectivity index (χ0) is 17.2. The van der Waals surface area contributed by atoms with Gasteiger partial charge in [0.2, 0.25) is 0 Å². The fourth-order valence-corrected chi connectivity index (χ4v) is 2.97. The topological polar surface area (TPSA) is 66.0 Å². The molecule has 1 amide bonds. The number of nitrogens with zero attached hydrogens (tertiary/aromatic N) is 2. The number of carbonyl (C=O) groups excluding carboxylic acids is 1. The number of hydrazone groups is 1. The van der Waals surface area contributed by atoms with E-state index in [1.807, 2.05) is 42.5 Å². The second-order valence-electron chi connectivity index (χ2n) is 5.85. The Balaban J connectivity index is 1.72. The second kappa shape index (κ2) is 6.28. The zero-order valence-corrected chi connectivity index (χ0v) is 13.4. The van der Waals surface area contributed by atoms with Crippen LogP contribution in [0.3, 0.4) is 0 Å². The number of furan rings is 1. The molecule has 5 nitrogen and oxygen atoms in total. The molecule has 0 bridgehead atoms. The number of hydrogen-bond donors (Lipinski definition) is 1. The minimum Gasteiger partial charge on any atom is -0.508 e. The Morgan fingerprint density at radius 2 is 1.80 bits per heavy atom. The molecule has 0 aliphatic carbocycles. The largest absolute Gasteiger partial charge is 0.508 e. The molecule has 5 heteroatoms. The van der Waals surface area contributed by atoms with Gasteiger partial charge in [-0.3, -0.25) is 4.79 Å². The van der Waals surface area contributed by atoms with E-state index in [0.717, 1.165) is 16.8 Å². The van der Waals surface area contributed by atoms with Gasteiger partial charge in [0, 0.05) is 6.42 Å². The standard InChI is InChI=1S/C20H16N2O3/c23-16-10-8-15(9-11-16)18-13-17(14-5-2-1-3-6-14)21-22(18)20(24)19-7-4-12-25-19/h1-12,18,23H,13H2. The fourth-order valence-electron chi connectivity index (χ4n) is 2.97. The lowest BCUT2D eigenvalue weighted by Gasteiger charge is -2.21. The predicted octanol–water partition coefficient (Wildman–Crippen LogP) is 3.98. The summed E-state index contributed by atoms with van der Waals surface area (Å²) in [6.07, 6.45) is 2.07. The predicted molar refractivity (Wildman–Crippen MR) is 93.3 cm³/mol. The van der Waals surface area contributed by atoms with Gasteiger partial charge >= 0.3 is 5.91 Å². The third kappa shape index (κ3) is 2.92. The van der Waals surface area contributed by atoms with Crippen molar-refractivity contribution in [3.05, 3.63) is 89.9 Å². The molecule has 1 atom stereocenters. The van der Waals surface area contributed by atoms with Crippen molar-refractivity contribution in [1.29, 1.82) is 0 Å². The van der Waals surface area contributed by atoms with E-state index in [1.54, 1.807) is 24.3 Å². The summed E-state index contributed by atoms with van der Waals surface area (Å²) in [5.41, 5.74) is 2.74. The van der Waals surface area contributed by atoms with Crippen molar-refractivity contribution in [2.45, 2.75) is 12.5 Å². The molecule has 1 unspecified atom stereocenters. The number of benzene rings is 2. The minimum absolute atomic E-state index is 0.190. The Morgan fingerprint density at radius 1 is 1.04 bits per heavy atom. The van der Waals surface area contributed by atoms with Gasteiger partial charge in [-0.25, -0.2) is 5.01 Å². The fraction of sp³-hybridized carbons (Fsp3) is 0.100. The van der Waals surface area contributed by atoms with Crippen molar-refractivity contribution in [2.24, 2.45) is 5.10 Å². The summed E-state index contributed by atoms with van der Waals surface area (Å²) in [4.78, 5) is 12.8. The number of phenolic OH excluding ortho intramolecular Hbond substituents is 1. The molecule has 0 spiro atoms. The van der Waals surface area contributed by atoms with Gasteiger partial charge in [-0.05, 0) is 35.4 Å². The third-order valence-corrected chi connectivity index (χ3v) is 4.24. The average Bonchev–Trinajstić information content (AvgIpc) is 3.33. The molecule has 1 aliphatic rings. The summed E-state index contributed by atoms with van der Waals surface area (Å²) >= 11 is 0. The molecule has 4 rings (SSSR count). The van der Waals surface area contributed by atoms with Crippen LogP contribution in [-0.2, 0) is 0 Å². The summed E-state index contributed by atoms with van der Waals surface area (Å²) < 4.78 is 5.25. The SMILES string of the molecule is O=C(c1ccco1)N1N=C(c2ccccc2)CC1c1ccc(O)cc1. The lowest BCUT2D eigenvalue weighted by molar-refractivity contribution is 0.0678. The van der Waals surface area contributed by atoms with Gasteiger partial charge in [0.15, 0.2) is 5.76 Å². The maximum absolute atomic E-state index is 12.8. The van der Waals surface area contributed by atoms with Crippen LogP contribution >= 0.6 is 0 Å². The van der Waals surface area contributed by atoms with Gasteiger partial charge in [0.1, 0.15) is 5.75 Å². The van der Waals surface area contributed by atoms with E-state index in [0.29, 0.717) is 6.42 Å². The number of aromatic hydroxyl groups is 1. The van der Waals surface area contributed by atoms with Crippen LogP contribution in [0, 0.1) is 0 Å². The molecule has 0 fully saturated rings. The molecule has 0 saturated carbocycles. The highest BCUT2D eigenvalue weighted by molar-refractivity contribution is 6.04. The van der Waals surface area contributed by atoms with Crippen LogP contribution in [0.25, 0.3) is 0 Å². The van der Waals surface area contributed by atoms with E-state index in [4.69, 9.17) is 4.42 Å². The molecule has 0 radical (unpaired) electrons.